The second-order valence-corrected chi connectivity index (χ2v) is 5.86. The van der Waals surface area contributed by atoms with Crippen LogP contribution in [0.5, 0.6) is 0 Å². The van der Waals surface area contributed by atoms with Gasteiger partial charge in [0.25, 0.3) is 0 Å². The number of aliphatic carboxylic acids is 1. The Morgan fingerprint density at radius 3 is 2.60 bits per heavy atom. The zero-order chi connectivity index (χ0) is 14.4. The van der Waals surface area contributed by atoms with E-state index in [4.69, 9.17) is 9.84 Å². The van der Waals surface area contributed by atoms with Gasteiger partial charge in [-0.3, -0.25) is 4.79 Å². The summed E-state index contributed by atoms with van der Waals surface area (Å²) in [6.45, 7) is 1.39. The number of carboxylic acid groups (broad SMARTS) is 1. The predicted molar refractivity (Wildman–Crippen MR) is 73.6 cm³/mol. The van der Waals surface area contributed by atoms with E-state index in [9.17, 15) is 9.59 Å². The molecule has 1 atom stereocenters. The quantitative estimate of drug-likeness (QED) is 0.692. The van der Waals surface area contributed by atoms with E-state index in [1.54, 1.807) is 0 Å². The van der Waals surface area contributed by atoms with Crippen LogP contribution in [0.2, 0.25) is 0 Å². The summed E-state index contributed by atoms with van der Waals surface area (Å²) in [6, 6.07) is -0.262. The van der Waals surface area contributed by atoms with Crippen molar-refractivity contribution in [3.05, 3.63) is 0 Å². The molecule has 1 heterocycles. The average molecular weight is 284 g/mol. The third kappa shape index (κ3) is 4.37. The van der Waals surface area contributed by atoms with E-state index in [0.717, 1.165) is 45.1 Å². The van der Waals surface area contributed by atoms with Crippen LogP contribution in [0.1, 0.15) is 51.4 Å². The largest absolute Gasteiger partial charge is 0.481 e. The van der Waals surface area contributed by atoms with Crippen molar-refractivity contribution in [1.82, 2.24) is 10.6 Å². The lowest BCUT2D eigenvalue weighted by Gasteiger charge is -2.41. The molecule has 0 spiro atoms. The fourth-order valence-corrected chi connectivity index (χ4v) is 2.91. The molecule has 0 aromatic carbocycles. The summed E-state index contributed by atoms with van der Waals surface area (Å²) < 4.78 is 5.60. The van der Waals surface area contributed by atoms with E-state index < -0.39 is 11.5 Å². The summed E-state index contributed by atoms with van der Waals surface area (Å²) in [7, 11) is 0. The summed E-state index contributed by atoms with van der Waals surface area (Å²) in [5, 5.41) is 14.5. The van der Waals surface area contributed by atoms with Gasteiger partial charge in [0.1, 0.15) is 0 Å². The normalized spacial score (nSPS) is 24.5. The first-order chi connectivity index (χ1) is 9.60. The van der Waals surface area contributed by atoms with E-state index >= 15 is 0 Å². The van der Waals surface area contributed by atoms with Crippen molar-refractivity contribution in [2.75, 3.05) is 13.2 Å². The van der Waals surface area contributed by atoms with Crippen molar-refractivity contribution in [3.8, 4) is 0 Å². The Bertz CT molecular complexity index is 349. The minimum absolute atomic E-state index is 0.00611. The van der Waals surface area contributed by atoms with Gasteiger partial charge in [0.05, 0.1) is 18.1 Å². The zero-order valence-electron chi connectivity index (χ0n) is 11.8. The van der Waals surface area contributed by atoms with Gasteiger partial charge < -0.3 is 20.5 Å². The van der Waals surface area contributed by atoms with Crippen LogP contribution in [0.4, 0.5) is 4.79 Å². The summed E-state index contributed by atoms with van der Waals surface area (Å²) in [6.07, 6.45) is 6.93. The van der Waals surface area contributed by atoms with Crippen molar-refractivity contribution in [3.63, 3.8) is 0 Å². The van der Waals surface area contributed by atoms with Gasteiger partial charge in [0.15, 0.2) is 0 Å². The first-order valence-corrected chi connectivity index (χ1v) is 7.49. The second kappa shape index (κ2) is 6.92. The molecule has 2 rings (SSSR count). The van der Waals surface area contributed by atoms with Crippen molar-refractivity contribution in [1.29, 1.82) is 0 Å². The van der Waals surface area contributed by atoms with Gasteiger partial charge in [0.2, 0.25) is 0 Å². The third-order valence-electron chi connectivity index (χ3n) is 4.20. The van der Waals surface area contributed by atoms with Gasteiger partial charge in [-0.2, -0.15) is 0 Å². The number of carbonyl (C=O) groups excluding carboxylic acids is 1. The molecule has 1 unspecified atom stereocenters. The fraction of sp³-hybridized carbons (Fsp3) is 0.857. The Balaban J connectivity index is 1.65. The lowest BCUT2D eigenvalue weighted by Crippen LogP contribution is -2.57. The van der Waals surface area contributed by atoms with Crippen LogP contribution in [0, 0.1) is 0 Å². The zero-order valence-corrected chi connectivity index (χ0v) is 11.8. The number of urea groups is 1. The Morgan fingerprint density at radius 2 is 2.05 bits per heavy atom. The number of ether oxygens (including phenoxy) is 1. The lowest BCUT2D eigenvalue weighted by atomic mass is 9.74. The molecule has 1 saturated heterocycles. The molecule has 0 aromatic heterocycles. The molecule has 1 aliphatic carbocycles. The molecular weight excluding hydrogens is 260 g/mol. The smallest absolute Gasteiger partial charge is 0.315 e. The maximum atomic E-state index is 11.8. The van der Waals surface area contributed by atoms with Gasteiger partial charge in [-0.05, 0) is 44.9 Å². The number of rotatable bonds is 6. The van der Waals surface area contributed by atoms with Crippen molar-refractivity contribution in [2.45, 2.75) is 63.0 Å². The number of amides is 2. The monoisotopic (exact) mass is 284 g/mol. The summed E-state index contributed by atoms with van der Waals surface area (Å²) in [5.41, 5.74) is -0.531. The molecule has 2 aliphatic rings. The van der Waals surface area contributed by atoms with Crippen molar-refractivity contribution < 1.29 is 19.4 Å². The highest BCUT2D eigenvalue weighted by atomic mass is 16.5. The average Bonchev–Trinajstić information content (AvgIpc) is 2.37. The minimum atomic E-state index is -0.861. The molecule has 2 amide bonds. The first-order valence-electron chi connectivity index (χ1n) is 7.49. The Kier molecular flexibility index (Phi) is 5.23. The Hall–Kier alpha value is -1.30. The summed E-state index contributed by atoms with van der Waals surface area (Å²) in [4.78, 5) is 22.6. The highest BCUT2D eigenvalue weighted by Gasteiger charge is 2.40. The molecule has 20 heavy (non-hydrogen) atoms. The van der Waals surface area contributed by atoms with Crippen molar-refractivity contribution >= 4 is 12.0 Å². The molecule has 6 heteroatoms. The van der Waals surface area contributed by atoms with Gasteiger partial charge in [-0.15, -0.1) is 0 Å². The molecule has 1 saturated carbocycles. The van der Waals surface area contributed by atoms with Crippen LogP contribution in [0.3, 0.4) is 0 Å². The van der Waals surface area contributed by atoms with Crippen LogP contribution in [0.15, 0.2) is 0 Å². The first kappa shape index (κ1) is 15.1. The highest BCUT2D eigenvalue weighted by Crippen LogP contribution is 2.34. The SMILES string of the molecule is O=C(O)CC1(NC(=O)NCCC2CCCCO2)CCC1. The number of carbonyl (C=O) groups is 2. The Labute approximate surface area is 119 Å². The van der Waals surface area contributed by atoms with E-state index in [-0.39, 0.29) is 18.6 Å². The van der Waals surface area contributed by atoms with Crippen LogP contribution in [-0.2, 0) is 9.53 Å². The summed E-state index contributed by atoms with van der Waals surface area (Å²) >= 11 is 0. The predicted octanol–water partition coefficient (Wildman–Crippen LogP) is 1.64. The van der Waals surface area contributed by atoms with Gasteiger partial charge >= 0.3 is 12.0 Å². The van der Waals surface area contributed by atoms with Crippen molar-refractivity contribution in [2.24, 2.45) is 0 Å². The second-order valence-electron chi connectivity index (χ2n) is 5.86. The van der Waals surface area contributed by atoms with Gasteiger partial charge in [-0.1, -0.05) is 0 Å². The lowest BCUT2D eigenvalue weighted by molar-refractivity contribution is -0.139. The number of carboxylic acids is 1. The Morgan fingerprint density at radius 1 is 1.25 bits per heavy atom. The van der Waals surface area contributed by atoms with Crippen LogP contribution >= 0.6 is 0 Å². The molecule has 3 N–H and O–H groups in total. The van der Waals surface area contributed by atoms with Crippen LogP contribution < -0.4 is 10.6 Å². The maximum Gasteiger partial charge on any atom is 0.315 e. The topological polar surface area (TPSA) is 87.7 Å². The molecular formula is C14H24N2O4. The molecule has 0 bridgehead atoms. The third-order valence-corrected chi connectivity index (χ3v) is 4.20. The number of hydrogen-bond acceptors (Lipinski definition) is 3. The number of nitrogens with one attached hydrogen (secondary N) is 2. The standard InChI is InChI=1S/C14H24N2O4/c17-12(18)10-14(6-3-7-14)16-13(19)15-8-5-11-4-1-2-9-20-11/h11H,1-10H2,(H,17,18)(H2,15,16,19). The van der Waals surface area contributed by atoms with Gasteiger partial charge in [-0.25, -0.2) is 4.79 Å². The highest BCUT2D eigenvalue weighted by molar-refractivity contribution is 5.77. The molecule has 2 fully saturated rings. The fourth-order valence-electron chi connectivity index (χ4n) is 2.91. The van der Waals surface area contributed by atoms with Crippen LogP contribution in [0.25, 0.3) is 0 Å². The molecule has 114 valence electrons. The summed E-state index contributed by atoms with van der Waals surface area (Å²) in [5.74, 6) is -0.861. The molecule has 0 radical (unpaired) electrons. The van der Waals surface area contributed by atoms with E-state index in [0.29, 0.717) is 6.54 Å². The molecule has 0 aromatic rings. The molecule has 6 nitrogen and oxygen atoms in total. The van der Waals surface area contributed by atoms with Gasteiger partial charge in [0, 0.05) is 13.2 Å². The maximum absolute atomic E-state index is 11.8. The van der Waals surface area contributed by atoms with E-state index in [1.165, 1.54) is 6.42 Å². The minimum Gasteiger partial charge on any atom is -0.481 e. The van der Waals surface area contributed by atoms with E-state index in [2.05, 4.69) is 10.6 Å². The molecule has 1 aliphatic heterocycles. The number of hydrogen-bond donors (Lipinski definition) is 3. The van der Waals surface area contributed by atoms with E-state index in [1.807, 2.05) is 0 Å². The van der Waals surface area contributed by atoms with Crippen LogP contribution in [-0.4, -0.2) is 41.9 Å².